The maximum atomic E-state index is 8.88. The molecule has 0 saturated heterocycles. The first-order chi connectivity index (χ1) is 14.8. The molecule has 0 atom stereocenters. The number of para-hydroxylation sites is 1. The lowest BCUT2D eigenvalue weighted by molar-refractivity contribution is 0.132. The second-order valence-electron chi connectivity index (χ2n) is 7.52. The van der Waals surface area contributed by atoms with Crippen LogP contribution in [0.1, 0.15) is 63.0 Å². The number of unbranched alkanes of at least 4 members (excludes halogenated alkanes) is 6. The van der Waals surface area contributed by atoms with E-state index < -0.39 is 7.82 Å². The first-order valence-electron chi connectivity index (χ1n) is 11.0. The molecule has 6 nitrogen and oxygen atoms in total. The van der Waals surface area contributed by atoms with Crippen LogP contribution in [0.25, 0.3) is 0 Å². The maximum absolute atomic E-state index is 8.88. The molecule has 2 rings (SSSR count). The number of aryl methyl sites for hydroxylation is 1. The predicted octanol–water partition coefficient (Wildman–Crippen LogP) is 6.17. The van der Waals surface area contributed by atoms with Crippen LogP contribution in [0.4, 0.5) is 0 Å². The van der Waals surface area contributed by atoms with Crippen molar-refractivity contribution in [3.63, 3.8) is 0 Å². The summed E-state index contributed by atoms with van der Waals surface area (Å²) in [6, 6.07) is 16.3. The lowest BCUT2D eigenvalue weighted by Crippen LogP contribution is -2.02. The molecule has 0 fully saturated rings. The molecule has 3 N–H and O–H groups in total. The van der Waals surface area contributed by atoms with Gasteiger partial charge in [-0.05, 0) is 43.5 Å². The Kier molecular flexibility index (Phi) is 14.1. The van der Waals surface area contributed by atoms with Gasteiger partial charge in [-0.2, -0.15) is 0 Å². The summed E-state index contributed by atoms with van der Waals surface area (Å²) in [6.07, 6.45) is 10.1. The number of hydrogen-bond donors (Lipinski definition) is 3. The summed E-state index contributed by atoms with van der Waals surface area (Å²) in [5.74, 6) is 1.81. The fourth-order valence-electron chi connectivity index (χ4n) is 3.06. The molecule has 2 aromatic carbocycles. The number of phosphoric acid groups is 1. The minimum atomic E-state index is -4.64. The van der Waals surface area contributed by atoms with Gasteiger partial charge in [0.2, 0.25) is 0 Å². The van der Waals surface area contributed by atoms with Gasteiger partial charge in [-0.25, -0.2) is 4.57 Å². The van der Waals surface area contributed by atoms with Crippen molar-refractivity contribution in [3.8, 4) is 11.5 Å². The molecular formula is C24H37O6P. The second kappa shape index (κ2) is 16.0. The van der Waals surface area contributed by atoms with E-state index in [2.05, 4.69) is 32.0 Å². The minimum absolute atomic E-state index is 0.754. The van der Waals surface area contributed by atoms with Gasteiger partial charge in [-0.1, -0.05) is 81.3 Å². The van der Waals surface area contributed by atoms with Gasteiger partial charge in [-0.15, -0.1) is 0 Å². The van der Waals surface area contributed by atoms with E-state index >= 15 is 0 Å². The highest BCUT2D eigenvalue weighted by atomic mass is 31.2. The van der Waals surface area contributed by atoms with Gasteiger partial charge >= 0.3 is 7.82 Å². The van der Waals surface area contributed by atoms with Crippen molar-refractivity contribution in [1.29, 1.82) is 0 Å². The third-order valence-corrected chi connectivity index (χ3v) is 4.59. The molecule has 0 bridgehead atoms. The van der Waals surface area contributed by atoms with Gasteiger partial charge in [0.25, 0.3) is 0 Å². The summed E-state index contributed by atoms with van der Waals surface area (Å²) < 4.78 is 20.8. The van der Waals surface area contributed by atoms with Crippen LogP contribution in [-0.4, -0.2) is 27.9 Å². The third kappa shape index (κ3) is 15.7. The Morgan fingerprint density at radius 2 is 1.45 bits per heavy atom. The van der Waals surface area contributed by atoms with Gasteiger partial charge < -0.3 is 24.2 Å². The number of hydrogen-bond acceptors (Lipinski definition) is 3. The van der Waals surface area contributed by atoms with Gasteiger partial charge in [-0.3, -0.25) is 0 Å². The van der Waals surface area contributed by atoms with Crippen molar-refractivity contribution in [2.75, 3.05) is 13.2 Å². The molecule has 174 valence electrons. The van der Waals surface area contributed by atoms with E-state index in [-0.39, 0.29) is 0 Å². The van der Waals surface area contributed by atoms with Crippen molar-refractivity contribution in [3.05, 3.63) is 59.7 Å². The average molecular weight is 453 g/mol. The van der Waals surface area contributed by atoms with Crippen LogP contribution in [0.15, 0.2) is 48.5 Å². The minimum Gasteiger partial charge on any atom is -0.457 e. The predicted molar refractivity (Wildman–Crippen MR) is 124 cm³/mol. The van der Waals surface area contributed by atoms with E-state index in [4.69, 9.17) is 28.7 Å². The molecule has 31 heavy (non-hydrogen) atoms. The van der Waals surface area contributed by atoms with E-state index in [1.165, 1.54) is 56.1 Å². The summed E-state index contributed by atoms with van der Waals surface area (Å²) in [7, 11) is -4.64. The van der Waals surface area contributed by atoms with E-state index in [1.807, 2.05) is 30.3 Å². The van der Waals surface area contributed by atoms with Crippen LogP contribution in [-0.2, 0) is 15.7 Å². The monoisotopic (exact) mass is 452 g/mol. The number of rotatable bonds is 13. The fraction of sp³-hybridized carbons (Fsp3) is 0.500. The van der Waals surface area contributed by atoms with Crippen molar-refractivity contribution in [2.24, 2.45) is 0 Å². The molecule has 0 saturated carbocycles. The Morgan fingerprint density at radius 1 is 0.839 bits per heavy atom. The van der Waals surface area contributed by atoms with E-state index in [0.29, 0.717) is 0 Å². The van der Waals surface area contributed by atoms with Crippen LogP contribution in [0.5, 0.6) is 11.5 Å². The Balaban J connectivity index is 0.000000861. The van der Waals surface area contributed by atoms with Crippen LogP contribution >= 0.6 is 7.82 Å². The van der Waals surface area contributed by atoms with Gasteiger partial charge in [0.1, 0.15) is 11.5 Å². The average Bonchev–Trinajstić information content (AvgIpc) is 2.71. The summed E-state index contributed by atoms with van der Waals surface area (Å²) >= 11 is 0. The Morgan fingerprint density at radius 3 is 2.10 bits per heavy atom. The molecule has 2 aromatic rings. The lowest BCUT2D eigenvalue weighted by atomic mass is 10.1. The maximum Gasteiger partial charge on any atom is 0.466 e. The summed E-state index contributed by atoms with van der Waals surface area (Å²) in [6.45, 7) is 6.01. The first-order valence-corrected chi connectivity index (χ1v) is 12.5. The van der Waals surface area contributed by atoms with Crippen molar-refractivity contribution < 1.29 is 28.7 Å². The van der Waals surface area contributed by atoms with Crippen LogP contribution in [0.2, 0.25) is 0 Å². The highest BCUT2D eigenvalue weighted by Gasteiger charge is 2.06. The molecule has 0 heterocycles. The Labute approximate surface area is 186 Å². The molecule has 0 aliphatic carbocycles. The molecule has 7 heteroatoms. The third-order valence-electron chi connectivity index (χ3n) is 4.59. The van der Waals surface area contributed by atoms with Crippen molar-refractivity contribution in [1.82, 2.24) is 0 Å². The molecular weight excluding hydrogens is 415 g/mol. The van der Waals surface area contributed by atoms with E-state index in [9.17, 15) is 0 Å². The Bertz CT molecular complexity index is 752. The molecule has 0 amide bonds. The van der Waals surface area contributed by atoms with Gasteiger partial charge in [0.15, 0.2) is 0 Å². The molecule has 0 radical (unpaired) electrons. The largest absolute Gasteiger partial charge is 0.466 e. The standard InChI is InChI=1S/C24H34O2.H3O4P/c1-3-4-5-6-7-8-12-18-25-19-17-22-20-21(2)15-16-24(22)26-23-13-10-9-11-14-23;1-5(2,3)4/h9-11,13-16,20H,3-8,12,17-19H2,1-2H3;(H3,1,2,3,4). The molecule has 0 aliphatic heterocycles. The highest BCUT2D eigenvalue weighted by Crippen LogP contribution is 2.27. The highest BCUT2D eigenvalue weighted by molar-refractivity contribution is 7.45. The number of benzene rings is 2. The lowest BCUT2D eigenvalue weighted by Gasteiger charge is -2.12. The van der Waals surface area contributed by atoms with E-state index in [0.717, 1.165) is 31.1 Å². The zero-order chi connectivity index (χ0) is 23.0. The summed E-state index contributed by atoms with van der Waals surface area (Å²) in [4.78, 5) is 21.6. The van der Waals surface area contributed by atoms with Crippen molar-refractivity contribution >= 4 is 7.82 Å². The SMILES string of the molecule is CCCCCCCCCOCCc1cc(C)ccc1Oc1ccccc1.O=P(O)(O)O. The summed E-state index contributed by atoms with van der Waals surface area (Å²) in [5, 5.41) is 0. The van der Waals surface area contributed by atoms with E-state index in [1.54, 1.807) is 0 Å². The second-order valence-corrected chi connectivity index (χ2v) is 8.55. The Hall–Kier alpha value is -1.69. The smallest absolute Gasteiger partial charge is 0.457 e. The van der Waals surface area contributed by atoms with Crippen LogP contribution in [0, 0.1) is 6.92 Å². The molecule has 0 aromatic heterocycles. The fourth-order valence-corrected chi connectivity index (χ4v) is 3.06. The first kappa shape index (κ1) is 27.3. The quantitative estimate of drug-likeness (QED) is 0.248. The zero-order valence-electron chi connectivity index (χ0n) is 18.7. The van der Waals surface area contributed by atoms with Crippen molar-refractivity contribution in [2.45, 2.75) is 65.2 Å². The molecule has 0 spiro atoms. The van der Waals surface area contributed by atoms with Gasteiger partial charge in [0.05, 0.1) is 6.61 Å². The van der Waals surface area contributed by atoms with Crippen LogP contribution in [0.3, 0.4) is 0 Å². The normalized spacial score (nSPS) is 11.0. The number of ether oxygens (including phenoxy) is 2. The van der Waals surface area contributed by atoms with Gasteiger partial charge in [0, 0.05) is 6.61 Å². The summed E-state index contributed by atoms with van der Waals surface area (Å²) in [5.41, 5.74) is 2.47. The topological polar surface area (TPSA) is 96.2 Å². The molecule has 0 unspecified atom stereocenters. The molecule has 0 aliphatic rings. The van der Waals surface area contributed by atoms with Crippen LogP contribution < -0.4 is 4.74 Å². The zero-order valence-corrected chi connectivity index (χ0v) is 19.6.